The molecule has 2 aromatic heterocycles. The lowest BCUT2D eigenvalue weighted by molar-refractivity contribution is -0.138. The quantitative estimate of drug-likeness (QED) is 0.750. The summed E-state index contributed by atoms with van der Waals surface area (Å²) in [5.41, 5.74) is 8.26. The van der Waals surface area contributed by atoms with Gasteiger partial charge in [0, 0.05) is 63.3 Å². The molecular formula is C22H26N6O2. The van der Waals surface area contributed by atoms with Crippen LogP contribution >= 0.6 is 0 Å². The van der Waals surface area contributed by atoms with Gasteiger partial charge in [0.25, 0.3) is 0 Å². The Morgan fingerprint density at radius 1 is 1.17 bits per heavy atom. The first-order chi connectivity index (χ1) is 14.6. The number of aromatic nitrogens is 3. The molecule has 2 N–H and O–H groups in total. The summed E-state index contributed by atoms with van der Waals surface area (Å²) in [6.07, 6.45) is 5.07. The van der Waals surface area contributed by atoms with E-state index in [9.17, 15) is 4.79 Å². The second kappa shape index (κ2) is 9.09. The molecule has 0 spiro atoms. The summed E-state index contributed by atoms with van der Waals surface area (Å²) in [6.45, 7) is 5.94. The molecule has 0 atom stereocenters. The Labute approximate surface area is 176 Å². The largest absolute Gasteiger partial charge is 0.381 e. The van der Waals surface area contributed by atoms with Crippen molar-refractivity contribution < 1.29 is 9.53 Å². The van der Waals surface area contributed by atoms with Crippen molar-refractivity contribution >= 4 is 17.7 Å². The lowest BCUT2D eigenvalue weighted by Crippen LogP contribution is -2.51. The van der Waals surface area contributed by atoms with Gasteiger partial charge in [0.2, 0.25) is 11.9 Å². The minimum absolute atomic E-state index is 0.0862. The third kappa shape index (κ3) is 4.52. The van der Waals surface area contributed by atoms with Crippen molar-refractivity contribution in [2.24, 2.45) is 5.92 Å². The third-order valence-corrected chi connectivity index (χ3v) is 5.54. The number of amides is 1. The van der Waals surface area contributed by atoms with Crippen molar-refractivity contribution in [1.82, 2.24) is 19.9 Å². The number of aryl methyl sites for hydroxylation is 1. The van der Waals surface area contributed by atoms with Crippen LogP contribution in [-0.4, -0.2) is 65.2 Å². The highest BCUT2D eigenvalue weighted by Crippen LogP contribution is 2.24. The molecule has 8 heteroatoms. The predicted molar refractivity (Wildman–Crippen MR) is 114 cm³/mol. The number of pyridine rings is 1. The number of ether oxygens (including phenoxy) is 1. The zero-order chi connectivity index (χ0) is 20.9. The van der Waals surface area contributed by atoms with E-state index in [-0.39, 0.29) is 17.8 Å². The van der Waals surface area contributed by atoms with Crippen molar-refractivity contribution in [3.8, 4) is 11.8 Å². The van der Waals surface area contributed by atoms with E-state index >= 15 is 0 Å². The molecule has 2 saturated heterocycles. The summed E-state index contributed by atoms with van der Waals surface area (Å²) in [5.74, 6) is 7.63. The van der Waals surface area contributed by atoms with Crippen molar-refractivity contribution in [3.05, 3.63) is 41.3 Å². The Kier molecular flexibility index (Phi) is 6.10. The molecule has 2 fully saturated rings. The fourth-order valence-corrected chi connectivity index (χ4v) is 3.87. The van der Waals surface area contributed by atoms with Crippen LogP contribution in [0.1, 0.15) is 29.7 Å². The molecular weight excluding hydrogens is 380 g/mol. The van der Waals surface area contributed by atoms with Crippen LogP contribution in [-0.2, 0) is 9.53 Å². The van der Waals surface area contributed by atoms with E-state index in [1.807, 2.05) is 24.0 Å². The average molecular weight is 406 g/mol. The maximum absolute atomic E-state index is 12.8. The van der Waals surface area contributed by atoms with E-state index in [0.717, 1.165) is 35.5 Å². The van der Waals surface area contributed by atoms with Gasteiger partial charge < -0.3 is 20.3 Å². The normalized spacial score (nSPS) is 17.4. The van der Waals surface area contributed by atoms with E-state index in [1.165, 1.54) is 0 Å². The Bertz CT molecular complexity index is 955. The molecule has 0 radical (unpaired) electrons. The van der Waals surface area contributed by atoms with Crippen molar-refractivity contribution in [3.63, 3.8) is 0 Å². The molecule has 2 aromatic rings. The molecule has 4 heterocycles. The number of piperazine rings is 1. The molecule has 0 unspecified atom stereocenters. The SMILES string of the molecule is Cc1nc(N)nc(N2CCN(C(=O)C3CCOCC3)CC2)c1C#Cc1cccnc1. The Hall–Kier alpha value is -3.18. The highest BCUT2D eigenvalue weighted by atomic mass is 16.5. The van der Waals surface area contributed by atoms with Crippen molar-refractivity contribution in [2.75, 3.05) is 50.0 Å². The number of carbonyl (C=O) groups is 1. The molecule has 30 heavy (non-hydrogen) atoms. The first kappa shape index (κ1) is 20.1. The van der Waals surface area contributed by atoms with Crippen LogP contribution in [0.15, 0.2) is 24.5 Å². The van der Waals surface area contributed by atoms with Gasteiger partial charge in [0.1, 0.15) is 5.82 Å². The maximum Gasteiger partial charge on any atom is 0.225 e. The van der Waals surface area contributed by atoms with Crippen LogP contribution < -0.4 is 10.6 Å². The zero-order valence-corrected chi connectivity index (χ0v) is 17.2. The molecule has 0 aromatic carbocycles. The van der Waals surface area contributed by atoms with Gasteiger partial charge in [-0.25, -0.2) is 4.98 Å². The second-order valence-corrected chi connectivity index (χ2v) is 7.56. The number of rotatable bonds is 2. The summed E-state index contributed by atoms with van der Waals surface area (Å²) in [6, 6.07) is 3.76. The third-order valence-electron chi connectivity index (χ3n) is 5.54. The van der Waals surface area contributed by atoms with Crippen LogP contribution in [0.3, 0.4) is 0 Å². The van der Waals surface area contributed by atoms with E-state index in [4.69, 9.17) is 10.5 Å². The summed E-state index contributed by atoms with van der Waals surface area (Å²) in [4.78, 5) is 29.8. The van der Waals surface area contributed by atoms with Gasteiger partial charge in [-0.2, -0.15) is 4.98 Å². The topological polar surface area (TPSA) is 97.5 Å². The monoisotopic (exact) mass is 406 g/mol. The fraction of sp³-hybridized carbons (Fsp3) is 0.455. The number of carbonyl (C=O) groups excluding carboxylic acids is 1. The number of hydrogen-bond acceptors (Lipinski definition) is 7. The second-order valence-electron chi connectivity index (χ2n) is 7.56. The molecule has 156 valence electrons. The number of hydrogen-bond donors (Lipinski definition) is 1. The van der Waals surface area contributed by atoms with Crippen molar-refractivity contribution in [2.45, 2.75) is 19.8 Å². The number of anilines is 2. The average Bonchev–Trinajstić information content (AvgIpc) is 2.79. The molecule has 2 aliphatic rings. The lowest BCUT2D eigenvalue weighted by Gasteiger charge is -2.38. The standard InChI is InChI=1S/C22H26N6O2/c1-16-19(5-4-17-3-2-8-24-15-17)20(26-22(23)25-16)27-9-11-28(12-10-27)21(29)18-6-13-30-14-7-18/h2-3,8,15,18H,6-7,9-14H2,1H3,(H2,23,25,26). The van der Waals surface area contributed by atoms with E-state index in [1.54, 1.807) is 12.4 Å². The minimum atomic E-state index is 0.0862. The van der Waals surface area contributed by atoms with Gasteiger partial charge in [-0.05, 0) is 31.9 Å². The number of nitrogens with zero attached hydrogens (tertiary/aromatic N) is 5. The number of nitrogens with two attached hydrogens (primary N) is 1. The molecule has 8 nitrogen and oxygen atoms in total. The van der Waals surface area contributed by atoms with Crippen LogP contribution in [0, 0.1) is 24.7 Å². The molecule has 4 rings (SSSR count). The van der Waals surface area contributed by atoms with Gasteiger partial charge >= 0.3 is 0 Å². The van der Waals surface area contributed by atoms with Gasteiger partial charge in [-0.3, -0.25) is 9.78 Å². The molecule has 2 aliphatic heterocycles. The highest BCUT2D eigenvalue weighted by molar-refractivity contribution is 5.79. The summed E-state index contributed by atoms with van der Waals surface area (Å²) in [7, 11) is 0. The Balaban J connectivity index is 1.50. The minimum Gasteiger partial charge on any atom is -0.381 e. The van der Waals surface area contributed by atoms with Crippen LogP contribution in [0.5, 0.6) is 0 Å². The van der Waals surface area contributed by atoms with Gasteiger partial charge in [0.05, 0.1) is 11.3 Å². The molecule has 0 bridgehead atoms. The molecule has 0 aliphatic carbocycles. The first-order valence-electron chi connectivity index (χ1n) is 10.3. The van der Waals surface area contributed by atoms with Gasteiger partial charge in [-0.1, -0.05) is 11.8 Å². The summed E-state index contributed by atoms with van der Waals surface area (Å²) < 4.78 is 5.38. The summed E-state index contributed by atoms with van der Waals surface area (Å²) >= 11 is 0. The summed E-state index contributed by atoms with van der Waals surface area (Å²) in [5, 5.41) is 0. The maximum atomic E-state index is 12.8. The van der Waals surface area contributed by atoms with Crippen LogP contribution in [0.2, 0.25) is 0 Å². The zero-order valence-electron chi connectivity index (χ0n) is 17.2. The Morgan fingerprint density at radius 2 is 1.93 bits per heavy atom. The number of nitrogen functional groups attached to an aromatic ring is 1. The van der Waals surface area contributed by atoms with Crippen molar-refractivity contribution in [1.29, 1.82) is 0 Å². The predicted octanol–water partition coefficient (Wildman–Crippen LogP) is 1.24. The lowest BCUT2D eigenvalue weighted by atomic mass is 9.98. The molecule has 1 amide bonds. The first-order valence-corrected chi connectivity index (χ1v) is 10.3. The highest BCUT2D eigenvalue weighted by Gasteiger charge is 2.30. The van der Waals surface area contributed by atoms with E-state index in [2.05, 4.69) is 31.7 Å². The van der Waals surface area contributed by atoms with E-state index < -0.39 is 0 Å². The van der Waals surface area contributed by atoms with Gasteiger partial charge in [-0.15, -0.1) is 0 Å². The smallest absolute Gasteiger partial charge is 0.225 e. The fourth-order valence-electron chi connectivity index (χ4n) is 3.87. The Morgan fingerprint density at radius 3 is 2.63 bits per heavy atom. The van der Waals surface area contributed by atoms with Crippen LogP contribution in [0.25, 0.3) is 0 Å². The van der Waals surface area contributed by atoms with E-state index in [0.29, 0.717) is 39.4 Å². The molecule has 0 saturated carbocycles. The van der Waals surface area contributed by atoms with Gasteiger partial charge in [0.15, 0.2) is 0 Å². The van der Waals surface area contributed by atoms with Crippen LogP contribution in [0.4, 0.5) is 11.8 Å².